The van der Waals surface area contributed by atoms with Crippen LogP contribution in [0.2, 0.25) is 0 Å². The molecule has 2 N–H and O–H groups in total. The highest BCUT2D eigenvalue weighted by atomic mass is 32.1. The van der Waals surface area contributed by atoms with Gasteiger partial charge in [0.25, 0.3) is 5.56 Å². The Hall–Kier alpha value is -2.28. The molecule has 3 aromatic heterocycles. The van der Waals surface area contributed by atoms with Crippen molar-refractivity contribution < 1.29 is 0 Å². The summed E-state index contributed by atoms with van der Waals surface area (Å²) in [5, 5.41) is 8.39. The summed E-state index contributed by atoms with van der Waals surface area (Å²) in [5.74, 6) is 1.09. The van der Waals surface area contributed by atoms with E-state index in [1.807, 2.05) is 29.0 Å². The van der Waals surface area contributed by atoms with Crippen molar-refractivity contribution in [2.45, 2.75) is 32.9 Å². The molecular weight excluding hydrogens is 386 g/mol. The summed E-state index contributed by atoms with van der Waals surface area (Å²) >= 11 is 3.16. The van der Waals surface area contributed by atoms with Crippen molar-refractivity contribution in [1.82, 2.24) is 15.3 Å². The van der Waals surface area contributed by atoms with Crippen LogP contribution in [0.15, 0.2) is 58.0 Å². The molecule has 0 unspecified atom stereocenters. The van der Waals surface area contributed by atoms with Gasteiger partial charge in [0.1, 0.15) is 10.7 Å². The van der Waals surface area contributed by atoms with Gasteiger partial charge in [-0.2, -0.15) is 0 Å². The molecule has 4 rings (SSSR count). The molecule has 0 aliphatic rings. The Balaban J connectivity index is 1.66. The summed E-state index contributed by atoms with van der Waals surface area (Å²) in [7, 11) is 0. The van der Waals surface area contributed by atoms with Crippen LogP contribution in [0, 0.1) is 5.92 Å². The van der Waals surface area contributed by atoms with Crippen molar-refractivity contribution in [2.24, 2.45) is 5.92 Å². The molecule has 0 fully saturated rings. The van der Waals surface area contributed by atoms with E-state index in [0.29, 0.717) is 17.1 Å². The topological polar surface area (TPSA) is 57.8 Å². The maximum Gasteiger partial charge on any atom is 0.260 e. The fourth-order valence-corrected chi connectivity index (χ4v) is 5.24. The molecule has 0 aliphatic heterocycles. The maximum absolute atomic E-state index is 12.9. The number of H-pyrrole nitrogens is 1. The van der Waals surface area contributed by atoms with Crippen LogP contribution in [0.5, 0.6) is 0 Å². The summed E-state index contributed by atoms with van der Waals surface area (Å²) in [5.41, 5.74) is 2.14. The van der Waals surface area contributed by atoms with E-state index in [1.54, 1.807) is 11.3 Å². The van der Waals surface area contributed by atoms with Crippen LogP contribution in [-0.2, 0) is 0 Å². The van der Waals surface area contributed by atoms with Crippen molar-refractivity contribution in [3.63, 3.8) is 0 Å². The Morgan fingerprint density at radius 2 is 1.82 bits per heavy atom. The summed E-state index contributed by atoms with van der Waals surface area (Å²) in [6.07, 6.45) is 0. The zero-order valence-corrected chi connectivity index (χ0v) is 17.7. The average Bonchev–Trinajstić information content (AvgIpc) is 3.35. The van der Waals surface area contributed by atoms with Crippen LogP contribution in [-0.4, -0.2) is 9.97 Å². The molecule has 0 spiro atoms. The smallest absolute Gasteiger partial charge is 0.260 e. The lowest BCUT2D eigenvalue weighted by Gasteiger charge is -2.26. The lowest BCUT2D eigenvalue weighted by molar-refractivity contribution is 0.367. The minimum absolute atomic E-state index is 0.0703. The molecule has 2 atom stereocenters. The number of nitrogens with zero attached hydrogens (tertiary/aromatic N) is 1. The number of benzene rings is 1. The fraction of sp³-hybridized carbons (Fsp3) is 0.273. The molecule has 0 saturated heterocycles. The van der Waals surface area contributed by atoms with Gasteiger partial charge < -0.3 is 10.3 Å². The standard InChI is InChI=1S/C22H23N3OS2/c1-13(2)19(15-8-5-4-6-9-15)23-14(3)20-24-21(26)18-16(12-28-22(18)25-20)17-10-7-11-27-17/h4-14,19,23H,1-3H3,(H,24,25,26)/t14-,19+/m1/s1. The third kappa shape index (κ3) is 3.68. The molecule has 0 amide bonds. The molecule has 0 aliphatic carbocycles. The molecule has 0 saturated carbocycles. The number of thiophene rings is 2. The molecule has 1 aromatic carbocycles. The second-order valence-electron chi connectivity index (χ2n) is 7.28. The van der Waals surface area contributed by atoms with Crippen molar-refractivity contribution >= 4 is 32.9 Å². The Bertz CT molecular complexity index is 1110. The molecule has 4 nitrogen and oxygen atoms in total. The minimum Gasteiger partial charge on any atom is -0.309 e. The number of nitrogens with one attached hydrogen (secondary N) is 2. The molecule has 4 aromatic rings. The predicted molar refractivity (Wildman–Crippen MR) is 119 cm³/mol. The van der Waals surface area contributed by atoms with E-state index >= 15 is 0 Å². The van der Waals surface area contributed by atoms with Gasteiger partial charge in [-0.05, 0) is 29.9 Å². The van der Waals surface area contributed by atoms with Gasteiger partial charge in [-0.25, -0.2) is 4.98 Å². The van der Waals surface area contributed by atoms with Gasteiger partial charge in [0.15, 0.2) is 0 Å². The van der Waals surface area contributed by atoms with Gasteiger partial charge in [-0.1, -0.05) is 50.2 Å². The van der Waals surface area contributed by atoms with Crippen LogP contribution in [0.4, 0.5) is 0 Å². The first kappa shape index (κ1) is 19.1. The second kappa shape index (κ2) is 7.99. The van der Waals surface area contributed by atoms with E-state index in [0.717, 1.165) is 15.3 Å². The van der Waals surface area contributed by atoms with Gasteiger partial charge >= 0.3 is 0 Å². The van der Waals surface area contributed by atoms with Gasteiger partial charge in [0.2, 0.25) is 0 Å². The van der Waals surface area contributed by atoms with Gasteiger partial charge in [0, 0.05) is 21.9 Å². The highest BCUT2D eigenvalue weighted by Gasteiger charge is 2.21. The Morgan fingerprint density at radius 1 is 1.04 bits per heavy atom. The first-order valence-electron chi connectivity index (χ1n) is 9.41. The highest BCUT2D eigenvalue weighted by Crippen LogP contribution is 2.34. The summed E-state index contributed by atoms with van der Waals surface area (Å²) in [4.78, 5) is 22.5. The number of aromatic nitrogens is 2. The zero-order chi connectivity index (χ0) is 19.7. The largest absolute Gasteiger partial charge is 0.309 e. The van der Waals surface area contributed by atoms with Crippen molar-refractivity contribution in [3.05, 3.63) is 75.0 Å². The van der Waals surface area contributed by atoms with Crippen molar-refractivity contribution in [3.8, 4) is 10.4 Å². The molecule has 28 heavy (non-hydrogen) atoms. The molecule has 144 valence electrons. The summed E-state index contributed by atoms with van der Waals surface area (Å²) in [6, 6.07) is 14.6. The number of fused-ring (bicyclic) bond motifs is 1. The number of aromatic amines is 1. The zero-order valence-electron chi connectivity index (χ0n) is 16.1. The van der Waals surface area contributed by atoms with E-state index in [9.17, 15) is 4.79 Å². The third-order valence-corrected chi connectivity index (χ3v) is 6.69. The SMILES string of the molecule is CC(C)[C@H](N[C@H](C)c1nc2scc(-c3cccs3)c2c(=O)[nH]1)c1ccccc1. The first-order chi connectivity index (χ1) is 13.5. The number of hydrogen-bond donors (Lipinski definition) is 2. The molecular formula is C22H23N3OS2. The molecule has 0 radical (unpaired) electrons. The van der Waals surface area contributed by atoms with Gasteiger partial charge in [0.05, 0.1) is 11.4 Å². The third-order valence-electron chi connectivity index (χ3n) is 4.91. The second-order valence-corrected chi connectivity index (χ2v) is 9.08. The van der Waals surface area contributed by atoms with Crippen LogP contribution in [0.1, 0.15) is 44.2 Å². The normalized spacial score (nSPS) is 13.9. The van der Waals surface area contributed by atoms with E-state index in [-0.39, 0.29) is 17.6 Å². The van der Waals surface area contributed by atoms with Crippen LogP contribution < -0.4 is 10.9 Å². The Morgan fingerprint density at radius 3 is 2.50 bits per heavy atom. The molecule has 6 heteroatoms. The minimum atomic E-state index is -0.0722. The average molecular weight is 410 g/mol. The van der Waals surface area contributed by atoms with Crippen LogP contribution >= 0.6 is 22.7 Å². The van der Waals surface area contributed by atoms with Gasteiger partial charge in [-0.3, -0.25) is 4.79 Å². The molecule has 3 heterocycles. The lowest BCUT2D eigenvalue weighted by Crippen LogP contribution is -2.30. The van der Waals surface area contributed by atoms with Crippen molar-refractivity contribution in [2.75, 3.05) is 0 Å². The first-order valence-corrected chi connectivity index (χ1v) is 11.2. The highest BCUT2D eigenvalue weighted by molar-refractivity contribution is 7.18. The van der Waals surface area contributed by atoms with Crippen molar-refractivity contribution in [1.29, 1.82) is 0 Å². The number of rotatable bonds is 6. The quantitative estimate of drug-likeness (QED) is 0.425. The van der Waals surface area contributed by atoms with E-state index < -0.39 is 0 Å². The monoisotopic (exact) mass is 409 g/mol. The van der Waals surface area contributed by atoms with Gasteiger partial charge in [-0.15, -0.1) is 22.7 Å². The fourth-order valence-electron chi connectivity index (χ4n) is 3.47. The van der Waals surface area contributed by atoms with Crippen LogP contribution in [0.25, 0.3) is 20.7 Å². The predicted octanol–water partition coefficient (Wildman–Crippen LogP) is 5.76. The van der Waals surface area contributed by atoms with Crippen LogP contribution in [0.3, 0.4) is 0 Å². The summed E-state index contributed by atoms with van der Waals surface area (Å²) < 4.78 is 0. The summed E-state index contributed by atoms with van der Waals surface area (Å²) in [6.45, 7) is 6.45. The van der Waals surface area contributed by atoms with E-state index in [1.165, 1.54) is 16.9 Å². The van der Waals surface area contributed by atoms with E-state index in [2.05, 4.69) is 55.3 Å². The molecule has 0 bridgehead atoms. The lowest BCUT2D eigenvalue weighted by atomic mass is 9.95. The Labute approximate surface area is 172 Å². The maximum atomic E-state index is 12.9. The van der Waals surface area contributed by atoms with E-state index in [4.69, 9.17) is 4.98 Å². The Kier molecular flexibility index (Phi) is 5.44. The number of hydrogen-bond acceptors (Lipinski definition) is 5.